The Morgan fingerprint density at radius 1 is 1.30 bits per heavy atom. The molecular weight excluding hydrogens is 405 g/mol. The van der Waals surface area contributed by atoms with Gasteiger partial charge in [0.1, 0.15) is 5.82 Å². The predicted molar refractivity (Wildman–Crippen MR) is 108 cm³/mol. The van der Waals surface area contributed by atoms with Crippen LogP contribution in [0.4, 0.5) is 5.82 Å². The second-order valence-corrected chi connectivity index (χ2v) is 5.89. The van der Waals surface area contributed by atoms with E-state index in [1.165, 1.54) is 0 Å². The third-order valence-electron chi connectivity index (χ3n) is 3.23. The van der Waals surface area contributed by atoms with Gasteiger partial charge in [0.15, 0.2) is 5.96 Å². The lowest BCUT2D eigenvalue weighted by atomic mass is 10.1. The second kappa shape index (κ2) is 10.6. The van der Waals surface area contributed by atoms with Gasteiger partial charge in [0, 0.05) is 34.3 Å². The molecule has 0 saturated heterocycles. The fourth-order valence-corrected chi connectivity index (χ4v) is 1.67. The van der Waals surface area contributed by atoms with Crippen LogP contribution in [-0.2, 0) is 11.3 Å². The third-order valence-corrected chi connectivity index (χ3v) is 3.23. The van der Waals surface area contributed by atoms with Gasteiger partial charge in [-0.05, 0) is 32.9 Å². The van der Waals surface area contributed by atoms with Crippen molar-refractivity contribution in [1.29, 1.82) is 0 Å². The first-order valence-corrected chi connectivity index (χ1v) is 7.58. The van der Waals surface area contributed by atoms with E-state index in [9.17, 15) is 0 Å². The van der Waals surface area contributed by atoms with Gasteiger partial charge < -0.3 is 20.3 Å². The fourth-order valence-electron chi connectivity index (χ4n) is 1.67. The van der Waals surface area contributed by atoms with E-state index >= 15 is 0 Å². The van der Waals surface area contributed by atoms with Crippen LogP contribution in [-0.4, -0.2) is 50.8 Å². The van der Waals surface area contributed by atoms with Gasteiger partial charge in [0.05, 0.1) is 17.8 Å². The lowest BCUT2D eigenvalue weighted by molar-refractivity contribution is 0.0268. The number of anilines is 1. The fraction of sp³-hybridized carbons (Fsp3) is 0.625. The number of aromatic nitrogens is 1. The largest absolute Gasteiger partial charge is 0.377 e. The summed E-state index contributed by atoms with van der Waals surface area (Å²) in [6, 6.07) is 5.97. The lowest BCUT2D eigenvalue weighted by Crippen LogP contribution is -2.45. The Morgan fingerprint density at radius 2 is 2.00 bits per heavy atom. The van der Waals surface area contributed by atoms with Gasteiger partial charge in [0.2, 0.25) is 0 Å². The number of rotatable bonds is 7. The summed E-state index contributed by atoms with van der Waals surface area (Å²) in [6.07, 6.45) is 0. The van der Waals surface area contributed by atoms with Gasteiger partial charge in [-0.3, -0.25) is 0 Å². The molecule has 6 nitrogen and oxygen atoms in total. The average molecular weight is 435 g/mol. The Labute approximate surface area is 157 Å². The summed E-state index contributed by atoms with van der Waals surface area (Å²) in [5, 5.41) is 6.53. The number of ether oxygens (including phenoxy) is 1. The zero-order valence-corrected chi connectivity index (χ0v) is 17.3. The molecule has 0 aliphatic rings. The Morgan fingerprint density at radius 3 is 2.57 bits per heavy atom. The summed E-state index contributed by atoms with van der Waals surface area (Å²) in [6.45, 7) is 8.14. The minimum absolute atomic E-state index is 0. The first-order valence-electron chi connectivity index (χ1n) is 7.58. The molecule has 23 heavy (non-hydrogen) atoms. The monoisotopic (exact) mass is 435 g/mol. The number of aliphatic imine (C=N–C) groups is 1. The molecule has 0 unspecified atom stereocenters. The molecular formula is C16H30IN5O. The van der Waals surface area contributed by atoms with Crippen molar-refractivity contribution in [1.82, 2.24) is 15.6 Å². The van der Waals surface area contributed by atoms with Crippen molar-refractivity contribution in [3.05, 3.63) is 23.9 Å². The first-order chi connectivity index (χ1) is 10.4. The van der Waals surface area contributed by atoms with Crippen molar-refractivity contribution in [2.75, 3.05) is 39.2 Å². The molecule has 1 aromatic heterocycles. The third kappa shape index (κ3) is 8.36. The summed E-state index contributed by atoms with van der Waals surface area (Å²) < 4.78 is 5.41. The summed E-state index contributed by atoms with van der Waals surface area (Å²) in [4.78, 5) is 11.1. The zero-order valence-electron chi connectivity index (χ0n) is 15.0. The van der Waals surface area contributed by atoms with Gasteiger partial charge in [-0.2, -0.15) is 0 Å². The van der Waals surface area contributed by atoms with Crippen LogP contribution in [0.3, 0.4) is 0 Å². The van der Waals surface area contributed by atoms with Crippen LogP contribution in [0, 0.1) is 0 Å². The maximum absolute atomic E-state index is 5.41. The summed E-state index contributed by atoms with van der Waals surface area (Å²) in [5.41, 5.74) is 0.702. The molecule has 0 atom stereocenters. The Bertz CT molecular complexity index is 491. The maximum atomic E-state index is 5.41. The number of hydrogen-bond donors (Lipinski definition) is 2. The number of guanidine groups is 1. The normalized spacial score (nSPS) is 11.7. The smallest absolute Gasteiger partial charge is 0.191 e. The highest BCUT2D eigenvalue weighted by molar-refractivity contribution is 14.0. The van der Waals surface area contributed by atoms with E-state index in [1.54, 1.807) is 7.11 Å². The number of nitrogens with zero attached hydrogens (tertiary/aromatic N) is 3. The topological polar surface area (TPSA) is 61.8 Å². The van der Waals surface area contributed by atoms with Crippen LogP contribution in [0.15, 0.2) is 23.2 Å². The number of nitrogens with one attached hydrogen (secondary N) is 2. The quantitative estimate of drug-likeness (QED) is 0.391. The van der Waals surface area contributed by atoms with Gasteiger partial charge >= 0.3 is 0 Å². The van der Waals surface area contributed by atoms with Crippen LogP contribution < -0.4 is 15.5 Å². The van der Waals surface area contributed by atoms with E-state index in [2.05, 4.69) is 20.6 Å². The molecule has 1 heterocycles. The van der Waals surface area contributed by atoms with Crippen molar-refractivity contribution < 1.29 is 4.74 Å². The van der Waals surface area contributed by atoms with E-state index in [4.69, 9.17) is 4.74 Å². The highest BCUT2D eigenvalue weighted by Crippen LogP contribution is 2.08. The molecule has 0 fully saturated rings. The van der Waals surface area contributed by atoms with Crippen LogP contribution in [0.2, 0.25) is 0 Å². The minimum atomic E-state index is -0.237. The highest BCUT2D eigenvalue weighted by Gasteiger charge is 2.16. The van der Waals surface area contributed by atoms with Crippen molar-refractivity contribution in [3.63, 3.8) is 0 Å². The molecule has 2 N–H and O–H groups in total. The van der Waals surface area contributed by atoms with Crippen molar-refractivity contribution in [2.45, 2.75) is 32.9 Å². The molecule has 0 bridgehead atoms. The standard InChI is InChI=1S/C16H29N5O.HI/c1-7-17-15(19-12-16(2,3)22-6)18-11-13-9-8-10-14(20-13)21(4)5;/h8-10H,7,11-12H2,1-6H3,(H2,17,18,19);1H. The SMILES string of the molecule is CCNC(=NCc1cccc(N(C)C)n1)NCC(C)(C)OC.I. The van der Waals surface area contributed by atoms with E-state index in [-0.39, 0.29) is 29.6 Å². The zero-order chi connectivity index (χ0) is 16.6. The number of halogens is 1. The molecule has 0 aromatic carbocycles. The van der Waals surface area contributed by atoms with E-state index in [0.29, 0.717) is 13.1 Å². The summed E-state index contributed by atoms with van der Waals surface area (Å²) >= 11 is 0. The van der Waals surface area contributed by atoms with Crippen LogP contribution >= 0.6 is 24.0 Å². The van der Waals surface area contributed by atoms with Crippen LogP contribution in [0.1, 0.15) is 26.5 Å². The molecule has 0 spiro atoms. The molecule has 132 valence electrons. The van der Waals surface area contributed by atoms with E-state index in [1.807, 2.05) is 58.0 Å². The Hall–Kier alpha value is -1.09. The van der Waals surface area contributed by atoms with Gasteiger partial charge in [-0.1, -0.05) is 6.07 Å². The van der Waals surface area contributed by atoms with E-state index < -0.39 is 0 Å². The molecule has 0 amide bonds. The molecule has 0 saturated carbocycles. The van der Waals surface area contributed by atoms with E-state index in [0.717, 1.165) is 24.0 Å². The molecule has 1 rings (SSSR count). The number of methoxy groups -OCH3 is 1. The Balaban J connectivity index is 0.00000484. The van der Waals surface area contributed by atoms with Crippen LogP contribution in [0.25, 0.3) is 0 Å². The molecule has 1 aromatic rings. The summed E-state index contributed by atoms with van der Waals surface area (Å²) in [5.74, 6) is 1.70. The van der Waals surface area contributed by atoms with Crippen molar-refractivity contribution in [3.8, 4) is 0 Å². The Kier molecular flexibility index (Phi) is 10.1. The van der Waals surface area contributed by atoms with Crippen molar-refractivity contribution in [2.24, 2.45) is 4.99 Å². The average Bonchev–Trinajstić information content (AvgIpc) is 2.50. The highest BCUT2D eigenvalue weighted by atomic mass is 127. The van der Waals surface area contributed by atoms with Crippen molar-refractivity contribution >= 4 is 35.8 Å². The molecule has 0 aliphatic carbocycles. The van der Waals surface area contributed by atoms with Gasteiger partial charge in [-0.25, -0.2) is 9.98 Å². The molecule has 0 radical (unpaired) electrons. The van der Waals surface area contributed by atoms with Gasteiger partial charge in [0.25, 0.3) is 0 Å². The maximum Gasteiger partial charge on any atom is 0.191 e. The van der Waals surface area contributed by atoms with Gasteiger partial charge in [-0.15, -0.1) is 24.0 Å². The minimum Gasteiger partial charge on any atom is -0.377 e. The lowest BCUT2D eigenvalue weighted by Gasteiger charge is -2.24. The summed E-state index contributed by atoms with van der Waals surface area (Å²) in [7, 11) is 5.67. The first kappa shape index (κ1) is 21.9. The number of pyridine rings is 1. The molecule has 7 heteroatoms. The number of hydrogen-bond acceptors (Lipinski definition) is 4. The molecule has 0 aliphatic heterocycles. The second-order valence-electron chi connectivity index (χ2n) is 5.89. The predicted octanol–water partition coefficient (Wildman–Crippen LogP) is 2.25. The van der Waals surface area contributed by atoms with Crippen LogP contribution in [0.5, 0.6) is 0 Å².